The molecule has 0 aliphatic carbocycles. The molecule has 0 saturated carbocycles. The van der Waals surface area contributed by atoms with E-state index in [9.17, 15) is 5.11 Å². The molecule has 2 N–H and O–H groups in total. The van der Waals surface area contributed by atoms with Gasteiger partial charge in [-0.3, -0.25) is 0 Å². The number of aliphatic hydroxyl groups is 1. The van der Waals surface area contributed by atoms with Gasteiger partial charge >= 0.3 is 0 Å². The molecule has 0 bridgehead atoms. The van der Waals surface area contributed by atoms with E-state index in [1.165, 1.54) is 25.8 Å². The van der Waals surface area contributed by atoms with Crippen molar-refractivity contribution in [2.24, 2.45) is 5.92 Å². The highest BCUT2D eigenvalue weighted by Crippen LogP contribution is 2.30. The Morgan fingerprint density at radius 1 is 1.53 bits per heavy atom. The van der Waals surface area contributed by atoms with Crippen molar-refractivity contribution in [1.82, 2.24) is 10.2 Å². The molecule has 3 atom stereocenters. The molecule has 3 unspecified atom stereocenters. The Kier molecular flexibility index (Phi) is 3.33. The Balaban J connectivity index is 1.82. The van der Waals surface area contributed by atoms with Gasteiger partial charge in [-0.25, -0.2) is 0 Å². The predicted octanol–water partition coefficient (Wildman–Crippen LogP) is 0.831. The molecule has 0 spiro atoms. The quantitative estimate of drug-likeness (QED) is 0.727. The van der Waals surface area contributed by atoms with E-state index in [0.29, 0.717) is 0 Å². The van der Waals surface area contributed by atoms with E-state index in [4.69, 9.17) is 0 Å². The summed E-state index contributed by atoms with van der Waals surface area (Å²) in [5, 5.41) is 12.7. The van der Waals surface area contributed by atoms with Crippen LogP contribution < -0.4 is 5.32 Å². The maximum Gasteiger partial charge on any atom is 0.0610 e. The summed E-state index contributed by atoms with van der Waals surface area (Å²) in [6.45, 7) is 4.75. The zero-order valence-electron chi connectivity index (χ0n) is 10.00. The van der Waals surface area contributed by atoms with E-state index in [1.807, 2.05) is 0 Å². The zero-order chi connectivity index (χ0) is 10.9. The number of hydrogen-bond donors (Lipinski definition) is 2. The second-order valence-electron chi connectivity index (χ2n) is 5.68. The van der Waals surface area contributed by atoms with Crippen LogP contribution in [0, 0.1) is 5.92 Å². The summed E-state index contributed by atoms with van der Waals surface area (Å²) in [6.07, 6.45) is 5.16. The van der Waals surface area contributed by atoms with Crippen LogP contribution >= 0.6 is 0 Å². The third-order valence-electron chi connectivity index (χ3n) is 4.18. The molecule has 3 nitrogen and oxygen atoms in total. The van der Waals surface area contributed by atoms with Crippen LogP contribution in [0.15, 0.2) is 0 Å². The molecule has 2 fully saturated rings. The first-order valence-electron chi connectivity index (χ1n) is 6.19. The van der Waals surface area contributed by atoms with Crippen molar-refractivity contribution in [3.05, 3.63) is 0 Å². The van der Waals surface area contributed by atoms with Gasteiger partial charge in [-0.1, -0.05) is 0 Å². The van der Waals surface area contributed by atoms with Crippen LogP contribution in [-0.4, -0.2) is 48.3 Å². The smallest absolute Gasteiger partial charge is 0.0610 e. The van der Waals surface area contributed by atoms with Crippen molar-refractivity contribution < 1.29 is 5.11 Å². The maximum atomic E-state index is 9.28. The van der Waals surface area contributed by atoms with E-state index < -0.39 is 0 Å². The summed E-state index contributed by atoms with van der Waals surface area (Å²) in [6, 6.07) is 0.790. The van der Waals surface area contributed by atoms with E-state index in [1.54, 1.807) is 0 Å². The highest BCUT2D eigenvalue weighted by atomic mass is 16.3. The maximum absolute atomic E-state index is 9.28. The van der Waals surface area contributed by atoms with Gasteiger partial charge in [0, 0.05) is 11.6 Å². The fourth-order valence-corrected chi connectivity index (χ4v) is 3.12. The Morgan fingerprint density at radius 3 is 2.87 bits per heavy atom. The summed E-state index contributed by atoms with van der Waals surface area (Å²) >= 11 is 0. The molecule has 0 aromatic heterocycles. The average molecular weight is 212 g/mol. The van der Waals surface area contributed by atoms with Gasteiger partial charge < -0.3 is 15.3 Å². The van der Waals surface area contributed by atoms with E-state index >= 15 is 0 Å². The minimum Gasteiger partial charge on any atom is -0.394 e. The lowest BCUT2D eigenvalue weighted by Gasteiger charge is -2.24. The fraction of sp³-hybridized carbons (Fsp3) is 1.00. The molecule has 2 rings (SSSR count). The highest BCUT2D eigenvalue weighted by molar-refractivity contribution is 4.94. The second-order valence-corrected chi connectivity index (χ2v) is 5.68. The molecular formula is C12H24N2O. The SMILES string of the molecule is CN1CCCC1CC1CNC(C)(CO)C1. The van der Waals surface area contributed by atoms with Crippen molar-refractivity contribution >= 4 is 0 Å². The van der Waals surface area contributed by atoms with Gasteiger partial charge in [0.05, 0.1) is 6.61 Å². The molecule has 3 heteroatoms. The minimum absolute atomic E-state index is 0.0121. The molecule has 2 heterocycles. The monoisotopic (exact) mass is 212 g/mol. The third-order valence-corrected chi connectivity index (χ3v) is 4.18. The van der Waals surface area contributed by atoms with Gasteiger partial charge in [-0.15, -0.1) is 0 Å². The Hall–Kier alpha value is -0.120. The average Bonchev–Trinajstić information content (AvgIpc) is 2.77. The van der Waals surface area contributed by atoms with Crippen LogP contribution in [-0.2, 0) is 0 Å². The standard InChI is InChI=1S/C12H24N2O/c1-12(9-15)7-10(8-13-12)6-11-4-3-5-14(11)2/h10-11,13,15H,3-9H2,1-2H3. The molecule has 0 radical (unpaired) electrons. The van der Waals surface area contributed by atoms with E-state index in [0.717, 1.165) is 24.9 Å². The largest absolute Gasteiger partial charge is 0.394 e. The number of hydrogen-bond acceptors (Lipinski definition) is 3. The Labute approximate surface area is 92.8 Å². The van der Waals surface area contributed by atoms with Crippen LogP contribution in [0.4, 0.5) is 0 Å². The van der Waals surface area contributed by atoms with Gasteiger partial charge in [0.1, 0.15) is 0 Å². The van der Waals surface area contributed by atoms with Crippen LogP contribution in [0.5, 0.6) is 0 Å². The first-order valence-corrected chi connectivity index (χ1v) is 6.19. The van der Waals surface area contributed by atoms with Gasteiger partial charge in [-0.05, 0) is 58.7 Å². The number of nitrogens with zero attached hydrogens (tertiary/aromatic N) is 1. The summed E-state index contributed by atoms with van der Waals surface area (Å²) in [4.78, 5) is 2.49. The second kappa shape index (κ2) is 4.40. The first-order chi connectivity index (χ1) is 7.13. The molecule has 0 aromatic rings. The van der Waals surface area contributed by atoms with Crippen LogP contribution in [0.3, 0.4) is 0 Å². The molecule has 88 valence electrons. The van der Waals surface area contributed by atoms with Crippen molar-refractivity contribution in [3.8, 4) is 0 Å². The normalized spacial score (nSPS) is 42.6. The van der Waals surface area contributed by atoms with Crippen molar-refractivity contribution in [1.29, 1.82) is 0 Å². The molecule has 2 aliphatic rings. The van der Waals surface area contributed by atoms with Crippen LogP contribution in [0.2, 0.25) is 0 Å². The minimum atomic E-state index is -0.0121. The third kappa shape index (κ3) is 2.52. The van der Waals surface area contributed by atoms with E-state index in [-0.39, 0.29) is 12.1 Å². The van der Waals surface area contributed by atoms with Crippen molar-refractivity contribution in [3.63, 3.8) is 0 Å². The zero-order valence-corrected chi connectivity index (χ0v) is 10.00. The lowest BCUT2D eigenvalue weighted by Crippen LogP contribution is -2.39. The molecule has 2 aliphatic heterocycles. The van der Waals surface area contributed by atoms with Crippen molar-refractivity contribution in [2.75, 3.05) is 26.7 Å². The molecule has 2 saturated heterocycles. The van der Waals surface area contributed by atoms with Crippen LogP contribution in [0.1, 0.15) is 32.6 Å². The van der Waals surface area contributed by atoms with Crippen LogP contribution in [0.25, 0.3) is 0 Å². The first kappa shape index (κ1) is 11.4. The molecule has 15 heavy (non-hydrogen) atoms. The molecule has 0 amide bonds. The van der Waals surface area contributed by atoms with Crippen molar-refractivity contribution in [2.45, 2.75) is 44.2 Å². The summed E-state index contributed by atoms with van der Waals surface area (Å²) < 4.78 is 0. The van der Waals surface area contributed by atoms with Gasteiger partial charge in [0.15, 0.2) is 0 Å². The summed E-state index contributed by atoms with van der Waals surface area (Å²) in [5.41, 5.74) is -0.0121. The number of rotatable bonds is 3. The lowest BCUT2D eigenvalue weighted by molar-refractivity contribution is 0.185. The van der Waals surface area contributed by atoms with Gasteiger partial charge in [-0.2, -0.15) is 0 Å². The number of nitrogens with one attached hydrogen (secondary N) is 1. The predicted molar refractivity (Wildman–Crippen MR) is 61.9 cm³/mol. The number of likely N-dealkylation sites (tertiary alicyclic amines) is 1. The summed E-state index contributed by atoms with van der Waals surface area (Å²) in [5.74, 6) is 0.757. The van der Waals surface area contributed by atoms with Gasteiger partial charge in [0.25, 0.3) is 0 Å². The topological polar surface area (TPSA) is 35.5 Å². The number of aliphatic hydroxyl groups excluding tert-OH is 1. The van der Waals surface area contributed by atoms with E-state index in [2.05, 4.69) is 24.2 Å². The fourth-order valence-electron chi connectivity index (χ4n) is 3.12. The highest BCUT2D eigenvalue weighted by Gasteiger charge is 2.36. The lowest BCUT2D eigenvalue weighted by atomic mass is 9.90. The molecule has 0 aromatic carbocycles. The van der Waals surface area contributed by atoms with Gasteiger partial charge in [0.2, 0.25) is 0 Å². The molecular weight excluding hydrogens is 188 g/mol. The summed E-state index contributed by atoms with van der Waals surface area (Å²) in [7, 11) is 2.24. The Bertz CT molecular complexity index is 222. The Morgan fingerprint density at radius 2 is 2.33 bits per heavy atom.